The number of fused-ring (bicyclic) bond motifs is 1. The molecule has 0 spiro atoms. The predicted molar refractivity (Wildman–Crippen MR) is 85.7 cm³/mol. The van der Waals surface area contributed by atoms with Crippen LogP contribution in [0.15, 0.2) is 35.5 Å². The van der Waals surface area contributed by atoms with Gasteiger partial charge in [0.1, 0.15) is 10.7 Å². The van der Waals surface area contributed by atoms with Crippen molar-refractivity contribution in [3.8, 4) is 0 Å². The van der Waals surface area contributed by atoms with Crippen LogP contribution in [0.1, 0.15) is 17.8 Å². The first kappa shape index (κ1) is 18.2. The third kappa shape index (κ3) is 3.99. The van der Waals surface area contributed by atoms with Crippen molar-refractivity contribution >= 4 is 21.6 Å². The van der Waals surface area contributed by atoms with E-state index in [1.807, 2.05) is 10.8 Å². The standard InChI is InChI=1S/C15H15ClF3N3O2S/c16-12-8-11(15(17,18)19)1-2-13(12)25(23,24)21-9-10-3-5-22-6-4-20-14(22)7-10/h1-2,4,6,8,10,21H,3,5,7,9H2/t10-/m1/s1. The minimum Gasteiger partial charge on any atom is -0.335 e. The summed E-state index contributed by atoms with van der Waals surface area (Å²) in [5, 5.41) is -0.457. The fourth-order valence-electron chi connectivity index (χ4n) is 2.79. The van der Waals surface area contributed by atoms with Crippen molar-refractivity contribution in [1.29, 1.82) is 0 Å². The SMILES string of the molecule is O=S(=O)(NC[C@@H]1CCn2ccnc2C1)c1ccc(C(F)(F)F)cc1Cl. The Morgan fingerprint density at radius 2 is 2.12 bits per heavy atom. The number of rotatable bonds is 4. The highest BCUT2D eigenvalue weighted by atomic mass is 35.5. The van der Waals surface area contributed by atoms with Crippen LogP contribution in [-0.4, -0.2) is 24.5 Å². The van der Waals surface area contributed by atoms with Gasteiger partial charge in [-0.05, 0) is 30.5 Å². The number of alkyl halides is 3. The van der Waals surface area contributed by atoms with Crippen LogP contribution in [0, 0.1) is 5.92 Å². The first-order valence-corrected chi connectivity index (χ1v) is 9.39. The average molecular weight is 394 g/mol. The smallest absolute Gasteiger partial charge is 0.335 e. The first-order chi connectivity index (χ1) is 11.7. The topological polar surface area (TPSA) is 64.0 Å². The Kier molecular flexibility index (Phi) is 4.82. The zero-order valence-electron chi connectivity index (χ0n) is 12.9. The van der Waals surface area contributed by atoms with Crippen molar-refractivity contribution < 1.29 is 21.6 Å². The molecule has 0 bridgehead atoms. The van der Waals surface area contributed by atoms with E-state index in [4.69, 9.17) is 11.6 Å². The molecule has 1 aliphatic heterocycles. The maximum atomic E-state index is 12.7. The van der Waals surface area contributed by atoms with E-state index in [1.54, 1.807) is 6.20 Å². The van der Waals surface area contributed by atoms with E-state index in [2.05, 4.69) is 9.71 Å². The van der Waals surface area contributed by atoms with E-state index < -0.39 is 26.8 Å². The Hall–Kier alpha value is -1.58. The molecule has 0 amide bonds. The molecule has 0 radical (unpaired) electrons. The van der Waals surface area contributed by atoms with Gasteiger partial charge in [0.2, 0.25) is 10.0 Å². The number of benzene rings is 1. The van der Waals surface area contributed by atoms with Gasteiger partial charge >= 0.3 is 6.18 Å². The summed E-state index contributed by atoms with van der Waals surface area (Å²) >= 11 is 5.76. The molecule has 0 saturated carbocycles. The molecule has 1 aromatic carbocycles. The van der Waals surface area contributed by atoms with Crippen LogP contribution < -0.4 is 4.72 Å². The molecule has 3 rings (SSSR count). The highest BCUT2D eigenvalue weighted by molar-refractivity contribution is 7.89. The van der Waals surface area contributed by atoms with Crippen LogP contribution in [0.3, 0.4) is 0 Å². The van der Waals surface area contributed by atoms with Gasteiger partial charge in [-0.25, -0.2) is 18.1 Å². The van der Waals surface area contributed by atoms with E-state index >= 15 is 0 Å². The summed E-state index contributed by atoms with van der Waals surface area (Å²) in [5.41, 5.74) is -0.990. The zero-order valence-corrected chi connectivity index (χ0v) is 14.5. The molecule has 0 fully saturated rings. The summed E-state index contributed by atoms with van der Waals surface area (Å²) in [4.78, 5) is 3.85. The van der Waals surface area contributed by atoms with E-state index in [0.29, 0.717) is 18.6 Å². The lowest BCUT2D eigenvalue weighted by Crippen LogP contribution is -2.33. The number of hydrogen-bond donors (Lipinski definition) is 1. The number of sulfonamides is 1. The van der Waals surface area contributed by atoms with Crippen molar-refractivity contribution in [2.45, 2.75) is 30.5 Å². The maximum absolute atomic E-state index is 12.7. The Morgan fingerprint density at radius 1 is 1.36 bits per heavy atom. The van der Waals surface area contributed by atoms with Crippen LogP contribution in [0.5, 0.6) is 0 Å². The molecule has 0 saturated heterocycles. The van der Waals surface area contributed by atoms with E-state index in [-0.39, 0.29) is 17.4 Å². The van der Waals surface area contributed by atoms with Gasteiger partial charge in [-0.2, -0.15) is 13.2 Å². The summed E-state index contributed by atoms with van der Waals surface area (Å²) in [6.07, 6.45) is 0.411. The van der Waals surface area contributed by atoms with Gasteiger partial charge in [-0.3, -0.25) is 0 Å². The van der Waals surface area contributed by atoms with E-state index in [0.717, 1.165) is 24.9 Å². The van der Waals surface area contributed by atoms with Crippen molar-refractivity contribution in [3.05, 3.63) is 47.0 Å². The Bertz CT molecular complexity index is 880. The summed E-state index contributed by atoms with van der Waals surface area (Å²) < 4.78 is 67.1. The summed E-state index contributed by atoms with van der Waals surface area (Å²) in [6, 6.07) is 2.20. The van der Waals surface area contributed by atoms with Crippen LogP contribution >= 0.6 is 11.6 Å². The van der Waals surface area contributed by atoms with Gasteiger partial charge in [0.15, 0.2) is 0 Å². The van der Waals surface area contributed by atoms with Crippen LogP contribution in [-0.2, 0) is 29.2 Å². The largest absolute Gasteiger partial charge is 0.416 e. The maximum Gasteiger partial charge on any atom is 0.416 e. The van der Waals surface area contributed by atoms with Crippen LogP contribution in [0.25, 0.3) is 0 Å². The molecule has 2 heterocycles. The number of halogens is 4. The molecule has 0 aliphatic carbocycles. The minimum absolute atomic E-state index is 0.0675. The number of imidazole rings is 1. The second-order valence-corrected chi connectivity index (χ2v) is 8.03. The van der Waals surface area contributed by atoms with Gasteiger partial charge in [0.25, 0.3) is 0 Å². The Morgan fingerprint density at radius 3 is 2.80 bits per heavy atom. The third-order valence-electron chi connectivity index (χ3n) is 4.16. The van der Waals surface area contributed by atoms with Crippen LogP contribution in [0.2, 0.25) is 5.02 Å². The molecule has 2 aromatic rings. The monoisotopic (exact) mass is 393 g/mol. The number of hydrogen-bond acceptors (Lipinski definition) is 3. The van der Waals surface area contributed by atoms with Gasteiger partial charge in [0.05, 0.1) is 10.6 Å². The Balaban J connectivity index is 1.70. The van der Waals surface area contributed by atoms with Gasteiger partial charge in [0, 0.05) is 31.9 Å². The van der Waals surface area contributed by atoms with Crippen molar-refractivity contribution in [3.63, 3.8) is 0 Å². The molecule has 1 aromatic heterocycles. The molecule has 10 heteroatoms. The quantitative estimate of drug-likeness (QED) is 0.868. The zero-order chi connectivity index (χ0) is 18.2. The number of nitrogens with zero attached hydrogens (tertiary/aromatic N) is 2. The normalized spacial score (nSPS) is 18.2. The second-order valence-electron chi connectivity index (χ2n) is 5.89. The highest BCUT2D eigenvalue weighted by Gasteiger charge is 2.32. The van der Waals surface area contributed by atoms with E-state index in [9.17, 15) is 21.6 Å². The minimum atomic E-state index is -4.58. The number of nitrogens with one attached hydrogen (secondary N) is 1. The van der Waals surface area contributed by atoms with Gasteiger partial charge in [-0.15, -0.1) is 0 Å². The Labute approximate surface area is 147 Å². The summed E-state index contributed by atoms with van der Waals surface area (Å²) in [6.45, 7) is 0.926. The van der Waals surface area contributed by atoms with Crippen LogP contribution in [0.4, 0.5) is 13.2 Å². The third-order valence-corrected chi connectivity index (χ3v) is 6.07. The summed E-state index contributed by atoms with van der Waals surface area (Å²) in [7, 11) is -3.99. The number of aryl methyl sites for hydroxylation is 1. The molecule has 5 nitrogen and oxygen atoms in total. The molecule has 1 aliphatic rings. The number of aromatic nitrogens is 2. The van der Waals surface area contributed by atoms with Crippen molar-refractivity contribution in [1.82, 2.24) is 14.3 Å². The first-order valence-electron chi connectivity index (χ1n) is 7.53. The highest BCUT2D eigenvalue weighted by Crippen LogP contribution is 2.33. The lowest BCUT2D eigenvalue weighted by molar-refractivity contribution is -0.137. The molecule has 1 N–H and O–H groups in total. The van der Waals surface area contributed by atoms with Crippen molar-refractivity contribution in [2.24, 2.45) is 5.92 Å². The lowest BCUT2D eigenvalue weighted by Gasteiger charge is -2.23. The molecule has 1 atom stereocenters. The van der Waals surface area contributed by atoms with Gasteiger partial charge in [-0.1, -0.05) is 11.6 Å². The lowest BCUT2D eigenvalue weighted by atomic mass is 9.98. The predicted octanol–water partition coefficient (Wildman–Crippen LogP) is 3.10. The molecule has 0 unspecified atom stereocenters. The van der Waals surface area contributed by atoms with Gasteiger partial charge < -0.3 is 4.57 Å². The van der Waals surface area contributed by atoms with E-state index in [1.165, 1.54) is 0 Å². The molecule has 136 valence electrons. The molecule has 25 heavy (non-hydrogen) atoms. The second kappa shape index (κ2) is 6.62. The molecular formula is C15H15ClF3N3O2S. The van der Waals surface area contributed by atoms with Crippen molar-refractivity contribution in [2.75, 3.05) is 6.54 Å². The molecular weight excluding hydrogens is 379 g/mol. The summed E-state index contributed by atoms with van der Waals surface area (Å²) in [5.74, 6) is 0.959. The fraction of sp³-hybridized carbons (Fsp3) is 0.400. The fourth-order valence-corrected chi connectivity index (χ4v) is 4.45. The average Bonchev–Trinajstić information content (AvgIpc) is 2.99.